The smallest absolute Gasteiger partial charge is 0.269 e. The molecular weight excluding hydrogens is 154 g/mol. The molecule has 0 aliphatic carbocycles. The molecule has 64 valence electrons. The molecule has 0 unspecified atom stereocenters. The third-order valence-corrected chi connectivity index (χ3v) is 2.37. The number of hydrogen-bond acceptors (Lipinski definition) is 2. The van der Waals surface area contributed by atoms with E-state index in [-0.39, 0.29) is 18.0 Å². The van der Waals surface area contributed by atoms with Crippen LogP contribution in [0.5, 0.6) is 0 Å². The Morgan fingerprint density at radius 3 is 3.08 bits per heavy atom. The summed E-state index contributed by atoms with van der Waals surface area (Å²) in [5.74, 6) is -0.0295. The van der Waals surface area contributed by atoms with Crippen molar-refractivity contribution in [2.24, 2.45) is 0 Å². The summed E-state index contributed by atoms with van der Waals surface area (Å²) in [6, 6.07) is 2.13. The first kappa shape index (κ1) is 7.34. The second-order valence-corrected chi connectivity index (χ2v) is 3.16. The molecule has 1 aromatic rings. The second-order valence-electron chi connectivity index (χ2n) is 3.16. The SMILES string of the molecule is C[C@H]1NC(=O)c2ccnn2[C@H]1C. The molecule has 2 rings (SSSR count). The lowest BCUT2D eigenvalue weighted by Gasteiger charge is -2.27. The summed E-state index contributed by atoms with van der Waals surface area (Å²) < 4.78 is 1.77. The van der Waals surface area contributed by atoms with Crippen LogP contribution in [0, 0.1) is 0 Å². The Kier molecular flexibility index (Phi) is 1.43. The van der Waals surface area contributed by atoms with E-state index in [0.29, 0.717) is 5.69 Å². The van der Waals surface area contributed by atoms with Crippen molar-refractivity contribution in [3.05, 3.63) is 18.0 Å². The van der Waals surface area contributed by atoms with Gasteiger partial charge in [-0.05, 0) is 19.9 Å². The molecule has 4 heteroatoms. The maximum absolute atomic E-state index is 11.3. The molecule has 0 spiro atoms. The van der Waals surface area contributed by atoms with Crippen LogP contribution in [0.25, 0.3) is 0 Å². The number of carbonyl (C=O) groups is 1. The lowest BCUT2D eigenvalue weighted by atomic mass is 10.1. The van der Waals surface area contributed by atoms with Crippen LogP contribution >= 0.6 is 0 Å². The molecule has 2 atom stereocenters. The minimum absolute atomic E-state index is 0.0295. The van der Waals surface area contributed by atoms with Crippen molar-refractivity contribution in [3.8, 4) is 0 Å². The zero-order valence-corrected chi connectivity index (χ0v) is 7.11. The van der Waals surface area contributed by atoms with E-state index in [1.165, 1.54) is 0 Å². The van der Waals surface area contributed by atoms with Gasteiger partial charge >= 0.3 is 0 Å². The molecule has 0 aromatic carbocycles. The van der Waals surface area contributed by atoms with Gasteiger partial charge in [0, 0.05) is 12.2 Å². The molecule has 0 radical (unpaired) electrons. The summed E-state index contributed by atoms with van der Waals surface area (Å²) in [5.41, 5.74) is 0.653. The van der Waals surface area contributed by atoms with Crippen molar-refractivity contribution >= 4 is 5.91 Å². The molecule has 0 bridgehead atoms. The fourth-order valence-electron chi connectivity index (χ4n) is 1.43. The Balaban J connectivity index is 2.49. The number of aromatic nitrogens is 2. The molecule has 1 amide bonds. The highest BCUT2D eigenvalue weighted by Gasteiger charge is 2.27. The van der Waals surface area contributed by atoms with Crippen LogP contribution in [0.4, 0.5) is 0 Å². The molecule has 4 nitrogen and oxygen atoms in total. The maximum atomic E-state index is 11.3. The number of nitrogens with one attached hydrogen (secondary N) is 1. The Hall–Kier alpha value is -1.32. The first-order valence-corrected chi connectivity index (χ1v) is 4.04. The quantitative estimate of drug-likeness (QED) is 0.611. The summed E-state index contributed by atoms with van der Waals surface area (Å²) in [5, 5.41) is 6.97. The van der Waals surface area contributed by atoms with Gasteiger partial charge in [-0.2, -0.15) is 5.10 Å². The standard InChI is InChI=1S/C8H11N3O/c1-5-6(2)11-7(3-4-9-11)8(12)10-5/h3-6H,1-2H3,(H,10,12)/t5-,6+/m1/s1. The van der Waals surface area contributed by atoms with Gasteiger partial charge in [-0.15, -0.1) is 0 Å². The third kappa shape index (κ3) is 0.841. The van der Waals surface area contributed by atoms with Crippen molar-refractivity contribution in [2.75, 3.05) is 0 Å². The Morgan fingerprint density at radius 1 is 1.58 bits per heavy atom. The first-order valence-electron chi connectivity index (χ1n) is 4.04. The van der Waals surface area contributed by atoms with Crippen LogP contribution < -0.4 is 5.32 Å². The van der Waals surface area contributed by atoms with E-state index < -0.39 is 0 Å². The van der Waals surface area contributed by atoms with E-state index in [1.54, 1.807) is 16.9 Å². The predicted octanol–water partition coefficient (Wildman–Crippen LogP) is 0.576. The van der Waals surface area contributed by atoms with Crippen LogP contribution in [0.1, 0.15) is 30.4 Å². The molecule has 1 aromatic heterocycles. The summed E-state index contributed by atoms with van der Waals surface area (Å²) >= 11 is 0. The topological polar surface area (TPSA) is 46.9 Å². The van der Waals surface area contributed by atoms with Crippen molar-refractivity contribution in [2.45, 2.75) is 25.9 Å². The average Bonchev–Trinajstić information content (AvgIpc) is 2.48. The summed E-state index contributed by atoms with van der Waals surface area (Å²) in [7, 11) is 0. The van der Waals surface area contributed by atoms with E-state index in [1.807, 2.05) is 13.8 Å². The average molecular weight is 165 g/mol. The first-order chi connectivity index (χ1) is 5.70. The Bertz CT molecular complexity index is 318. The van der Waals surface area contributed by atoms with Gasteiger partial charge in [-0.25, -0.2) is 0 Å². The molecular formula is C8H11N3O. The summed E-state index contributed by atoms with van der Waals surface area (Å²) in [6.45, 7) is 4.02. The number of fused-ring (bicyclic) bond motifs is 1. The van der Waals surface area contributed by atoms with E-state index in [0.717, 1.165) is 0 Å². The molecule has 1 aliphatic heterocycles. The zero-order chi connectivity index (χ0) is 8.72. The van der Waals surface area contributed by atoms with Crippen LogP contribution in [0.2, 0.25) is 0 Å². The monoisotopic (exact) mass is 165 g/mol. The van der Waals surface area contributed by atoms with Gasteiger partial charge in [0.25, 0.3) is 5.91 Å². The van der Waals surface area contributed by atoms with Gasteiger partial charge in [-0.3, -0.25) is 9.48 Å². The predicted molar refractivity (Wildman–Crippen MR) is 43.9 cm³/mol. The van der Waals surface area contributed by atoms with Crippen LogP contribution in [0.3, 0.4) is 0 Å². The normalized spacial score (nSPS) is 28.0. The highest BCUT2D eigenvalue weighted by Crippen LogP contribution is 2.17. The molecule has 2 heterocycles. The largest absolute Gasteiger partial charge is 0.346 e. The molecule has 12 heavy (non-hydrogen) atoms. The number of nitrogens with zero attached hydrogens (tertiary/aromatic N) is 2. The molecule has 0 saturated carbocycles. The van der Waals surface area contributed by atoms with Gasteiger partial charge in [0.2, 0.25) is 0 Å². The van der Waals surface area contributed by atoms with E-state index in [4.69, 9.17) is 0 Å². The van der Waals surface area contributed by atoms with Gasteiger partial charge in [0.05, 0.1) is 6.04 Å². The van der Waals surface area contributed by atoms with Crippen molar-refractivity contribution in [1.29, 1.82) is 0 Å². The minimum atomic E-state index is -0.0295. The Labute approximate surface area is 70.6 Å². The van der Waals surface area contributed by atoms with Crippen LogP contribution in [0.15, 0.2) is 12.3 Å². The van der Waals surface area contributed by atoms with Crippen LogP contribution in [-0.2, 0) is 0 Å². The van der Waals surface area contributed by atoms with E-state index in [2.05, 4.69) is 10.4 Å². The highest BCUT2D eigenvalue weighted by molar-refractivity contribution is 5.93. The van der Waals surface area contributed by atoms with E-state index >= 15 is 0 Å². The molecule has 1 N–H and O–H groups in total. The summed E-state index contributed by atoms with van der Waals surface area (Å²) in [6.07, 6.45) is 1.66. The van der Waals surface area contributed by atoms with Gasteiger partial charge in [0.1, 0.15) is 5.69 Å². The molecule has 0 fully saturated rings. The fraction of sp³-hybridized carbons (Fsp3) is 0.500. The van der Waals surface area contributed by atoms with Crippen molar-refractivity contribution < 1.29 is 4.79 Å². The van der Waals surface area contributed by atoms with Crippen LogP contribution in [-0.4, -0.2) is 21.7 Å². The van der Waals surface area contributed by atoms with Gasteiger partial charge in [-0.1, -0.05) is 0 Å². The summed E-state index contributed by atoms with van der Waals surface area (Å²) in [4.78, 5) is 11.3. The van der Waals surface area contributed by atoms with Crippen molar-refractivity contribution in [1.82, 2.24) is 15.1 Å². The van der Waals surface area contributed by atoms with E-state index in [9.17, 15) is 4.79 Å². The minimum Gasteiger partial charge on any atom is -0.346 e. The number of carbonyl (C=O) groups excluding carboxylic acids is 1. The number of amides is 1. The molecule has 1 aliphatic rings. The maximum Gasteiger partial charge on any atom is 0.269 e. The molecule has 0 saturated heterocycles. The lowest BCUT2D eigenvalue weighted by Crippen LogP contribution is -2.45. The number of rotatable bonds is 0. The lowest BCUT2D eigenvalue weighted by molar-refractivity contribution is 0.0882. The zero-order valence-electron chi connectivity index (χ0n) is 7.11. The Morgan fingerprint density at radius 2 is 2.33 bits per heavy atom. The number of hydrogen-bond donors (Lipinski definition) is 1. The highest BCUT2D eigenvalue weighted by atomic mass is 16.2. The van der Waals surface area contributed by atoms with Gasteiger partial charge < -0.3 is 5.32 Å². The fourth-order valence-corrected chi connectivity index (χ4v) is 1.43. The second kappa shape index (κ2) is 2.33. The van der Waals surface area contributed by atoms with Crippen molar-refractivity contribution in [3.63, 3.8) is 0 Å². The third-order valence-electron chi connectivity index (χ3n) is 2.37. The van der Waals surface area contributed by atoms with Gasteiger partial charge in [0.15, 0.2) is 0 Å².